The van der Waals surface area contributed by atoms with E-state index >= 15 is 0 Å². The van der Waals surface area contributed by atoms with Crippen molar-refractivity contribution < 1.29 is 4.79 Å². The molecule has 2 N–H and O–H groups in total. The molecule has 0 bridgehead atoms. The third-order valence-electron chi connectivity index (χ3n) is 3.36. The smallest absolute Gasteiger partial charge is 0.253 e. The molecule has 0 aliphatic heterocycles. The number of hydrogen-bond acceptors (Lipinski definition) is 3. The average Bonchev–Trinajstić information content (AvgIpc) is 2.48. The molecule has 1 unspecified atom stereocenters. The molecule has 21 heavy (non-hydrogen) atoms. The Morgan fingerprint density at radius 1 is 1.43 bits per heavy atom. The van der Waals surface area contributed by atoms with Gasteiger partial charge in [-0.3, -0.25) is 4.79 Å². The van der Waals surface area contributed by atoms with E-state index < -0.39 is 0 Å². The second kappa shape index (κ2) is 8.76. The van der Waals surface area contributed by atoms with E-state index in [9.17, 15) is 4.79 Å². The summed E-state index contributed by atoms with van der Waals surface area (Å²) in [5, 5.41) is 0. The van der Waals surface area contributed by atoms with Crippen molar-refractivity contribution in [2.45, 2.75) is 26.3 Å². The van der Waals surface area contributed by atoms with Crippen LogP contribution < -0.4 is 5.73 Å². The van der Waals surface area contributed by atoms with Crippen LogP contribution in [0, 0.1) is 18.8 Å². The minimum Gasteiger partial charge on any atom is -0.338 e. The van der Waals surface area contributed by atoms with Crippen LogP contribution >= 0.6 is 11.8 Å². The van der Waals surface area contributed by atoms with E-state index in [-0.39, 0.29) is 11.9 Å². The molecule has 4 heteroatoms. The summed E-state index contributed by atoms with van der Waals surface area (Å²) in [4.78, 5) is 14.5. The highest BCUT2D eigenvalue weighted by atomic mass is 32.2. The monoisotopic (exact) mass is 304 g/mol. The largest absolute Gasteiger partial charge is 0.338 e. The van der Waals surface area contributed by atoms with E-state index in [1.54, 1.807) is 11.8 Å². The van der Waals surface area contributed by atoms with Gasteiger partial charge in [0.05, 0.1) is 6.54 Å². The van der Waals surface area contributed by atoms with Gasteiger partial charge < -0.3 is 10.6 Å². The lowest BCUT2D eigenvalue weighted by Gasteiger charge is -2.27. The number of rotatable bonds is 5. The predicted molar refractivity (Wildman–Crippen MR) is 91.7 cm³/mol. The van der Waals surface area contributed by atoms with Crippen molar-refractivity contribution in [3.8, 4) is 11.8 Å². The number of aryl methyl sites for hydroxylation is 1. The number of benzene rings is 1. The van der Waals surface area contributed by atoms with E-state index in [1.807, 2.05) is 37.1 Å². The molecule has 0 aromatic heterocycles. The topological polar surface area (TPSA) is 46.3 Å². The van der Waals surface area contributed by atoms with Crippen LogP contribution in [0.3, 0.4) is 0 Å². The third kappa shape index (κ3) is 5.11. The summed E-state index contributed by atoms with van der Waals surface area (Å²) < 4.78 is 0. The number of carbonyl (C=O) groups is 1. The minimum atomic E-state index is 0.0513. The fourth-order valence-electron chi connectivity index (χ4n) is 2.20. The summed E-state index contributed by atoms with van der Waals surface area (Å²) in [6.07, 6.45) is 3.02. The van der Waals surface area contributed by atoms with Crippen LogP contribution in [0.4, 0.5) is 0 Å². The summed E-state index contributed by atoms with van der Waals surface area (Å²) in [5.41, 5.74) is 7.97. The van der Waals surface area contributed by atoms with Gasteiger partial charge in [0.25, 0.3) is 5.91 Å². The number of hydrogen-bond donors (Lipinski definition) is 1. The quantitative estimate of drug-likeness (QED) is 0.850. The highest BCUT2D eigenvalue weighted by Gasteiger charge is 2.19. The average molecular weight is 304 g/mol. The lowest BCUT2D eigenvalue weighted by atomic mass is 10.0. The molecule has 3 nitrogen and oxygen atoms in total. The number of amides is 1. The van der Waals surface area contributed by atoms with Gasteiger partial charge in [-0.2, -0.15) is 11.8 Å². The Kier molecular flexibility index (Phi) is 7.35. The summed E-state index contributed by atoms with van der Waals surface area (Å²) in [5.74, 6) is 6.83. The van der Waals surface area contributed by atoms with Crippen LogP contribution in [0.25, 0.3) is 0 Å². The molecule has 0 saturated carbocycles. The molecule has 0 fully saturated rings. The van der Waals surface area contributed by atoms with Gasteiger partial charge in [-0.1, -0.05) is 18.8 Å². The fourth-order valence-corrected chi connectivity index (χ4v) is 3.04. The van der Waals surface area contributed by atoms with Crippen molar-refractivity contribution in [2.75, 3.05) is 25.6 Å². The van der Waals surface area contributed by atoms with Crippen molar-refractivity contribution >= 4 is 17.7 Å². The third-order valence-corrected chi connectivity index (χ3v) is 4.08. The second-order valence-electron chi connectivity index (χ2n) is 5.03. The van der Waals surface area contributed by atoms with Crippen LogP contribution in [-0.4, -0.2) is 42.4 Å². The molecule has 0 saturated heterocycles. The minimum absolute atomic E-state index is 0.0513. The first-order chi connectivity index (χ1) is 10.0. The van der Waals surface area contributed by atoms with Gasteiger partial charge in [-0.05, 0) is 43.4 Å². The van der Waals surface area contributed by atoms with Gasteiger partial charge in [0.2, 0.25) is 0 Å². The number of nitrogens with two attached hydrogens (primary N) is 1. The molecule has 1 amide bonds. The maximum atomic E-state index is 12.6. The summed E-state index contributed by atoms with van der Waals surface area (Å²) in [6, 6.07) is 5.99. The zero-order chi connectivity index (χ0) is 15.8. The summed E-state index contributed by atoms with van der Waals surface area (Å²) in [6.45, 7) is 4.41. The Morgan fingerprint density at radius 2 is 2.14 bits per heavy atom. The van der Waals surface area contributed by atoms with Crippen molar-refractivity contribution in [3.05, 3.63) is 34.9 Å². The maximum absolute atomic E-state index is 12.6. The van der Waals surface area contributed by atoms with Gasteiger partial charge in [0.1, 0.15) is 0 Å². The molecule has 0 radical (unpaired) electrons. The Morgan fingerprint density at radius 3 is 2.71 bits per heavy atom. The Labute approximate surface area is 132 Å². The van der Waals surface area contributed by atoms with Gasteiger partial charge in [-0.25, -0.2) is 0 Å². The van der Waals surface area contributed by atoms with Crippen molar-refractivity contribution in [2.24, 2.45) is 5.73 Å². The zero-order valence-electron chi connectivity index (χ0n) is 13.3. The first-order valence-electron chi connectivity index (χ1n) is 7.10. The van der Waals surface area contributed by atoms with Gasteiger partial charge in [-0.15, -0.1) is 0 Å². The Bertz CT molecular complexity index is 545. The first-order valence-corrected chi connectivity index (χ1v) is 8.49. The molecule has 0 aliphatic rings. The molecule has 1 rings (SSSR count). The number of carbonyl (C=O) groups excluding carboxylic acids is 1. The van der Waals surface area contributed by atoms with Gasteiger partial charge >= 0.3 is 0 Å². The van der Waals surface area contributed by atoms with Crippen molar-refractivity contribution in [1.29, 1.82) is 0 Å². The van der Waals surface area contributed by atoms with Crippen LogP contribution in [0.2, 0.25) is 0 Å². The summed E-state index contributed by atoms with van der Waals surface area (Å²) >= 11 is 1.76. The SMILES string of the molecule is CCC(CSC)N(C)C(=O)c1cc(C)cc(C#CCN)c1. The molecule has 1 aromatic carbocycles. The van der Waals surface area contributed by atoms with E-state index in [1.165, 1.54) is 0 Å². The molecular formula is C17H24N2OS. The highest BCUT2D eigenvalue weighted by molar-refractivity contribution is 7.98. The van der Waals surface area contributed by atoms with E-state index in [4.69, 9.17) is 5.73 Å². The first kappa shape index (κ1) is 17.6. The van der Waals surface area contributed by atoms with Crippen LogP contribution in [-0.2, 0) is 0 Å². The fraction of sp³-hybridized carbons (Fsp3) is 0.471. The molecule has 0 aliphatic carbocycles. The van der Waals surface area contributed by atoms with Crippen molar-refractivity contribution in [3.63, 3.8) is 0 Å². The van der Waals surface area contributed by atoms with Gasteiger partial charge in [0.15, 0.2) is 0 Å². The van der Waals surface area contributed by atoms with Crippen LogP contribution in [0.15, 0.2) is 18.2 Å². The van der Waals surface area contributed by atoms with E-state index in [0.29, 0.717) is 12.1 Å². The van der Waals surface area contributed by atoms with E-state index in [0.717, 1.165) is 23.3 Å². The van der Waals surface area contributed by atoms with Crippen molar-refractivity contribution in [1.82, 2.24) is 4.90 Å². The highest BCUT2D eigenvalue weighted by Crippen LogP contribution is 2.15. The normalized spacial score (nSPS) is 11.5. The maximum Gasteiger partial charge on any atom is 0.253 e. The molecule has 0 heterocycles. The Hall–Kier alpha value is -1.44. The molecule has 114 valence electrons. The second-order valence-corrected chi connectivity index (χ2v) is 5.94. The molecule has 1 atom stereocenters. The summed E-state index contributed by atoms with van der Waals surface area (Å²) in [7, 11) is 1.88. The predicted octanol–water partition coefficient (Wildman–Crippen LogP) is 2.52. The van der Waals surface area contributed by atoms with Gasteiger partial charge in [0, 0.05) is 30.0 Å². The number of thioether (sulfide) groups is 1. The molecular weight excluding hydrogens is 280 g/mol. The molecule has 0 spiro atoms. The van der Waals surface area contributed by atoms with Crippen LogP contribution in [0.5, 0.6) is 0 Å². The Balaban J connectivity index is 3.03. The lowest BCUT2D eigenvalue weighted by Crippen LogP contribution is -2.38. The standard InChI is InChI=1S/C17H24N2OS/c1-5-16(12-21-4)19(3)17(20)15-10-13(2)9-14(11-15)7-6-8-18/h9-11,16H,5,8,12,18H2,1-4H3. The number of nitrogens with zero attached hydrogens (tertiary/aromatic N) is 1. The zero-order valence-corrected chi connectivity index (χ0v) is 14.1. The van der Waals surface area contributed by atoms with Crippen LogP contribution in [0.1, 0.15) is 34.8 Å². The molecule has 1 aromatic rings. The van der Waals surface area contributed by atoms with E-state index in [2.05, 4.69) is 25.0 Å². The lowest BCUT2D eigenvalue weighted by molar-refractivity contribution is 0.0743.